The molecule has 72 valence electrons. The monoisotopic (exact) mass is 309 g/mol. The average Bonchev–Trinajstić information content (AvgIpc) is 2.09. The lowest BCUT2D eigenvalue weighted by Gasteiger charge is -2.20. The fourth-order valence-corrected chi connectivity index (χ4v) is 1.30. The maximum absolute atomic E-state index is 5.70. The Morgan fingerprint density at radius 2 is 2.15 bits per heavy atom. The molecule has 0 aliphatic carbocycles. The summed E-state index contributed by atoms with van der Waals surface area (Å²) in [6.45, 7) is 4.17. The molecule has 0 aliphatic heterocycles. The van der Waals surface area contributed by atoms with Crippen LogP contribution in [0.4, 0.5) is 5.82 Å². The minimum Gasteiger partial charge on any atom is -0.383 e. The van der Waals surface area contributed by atoms with Crippen molar-refractivity contribution < 1.29 is 0 Å². The van der Waals surface area contributed by atoms with Gasteiger partial charge in [0.15, 0.2) is 0 Å². The maximum Gasteiger partial charge on any atom is 0.146 e. The number of anilines is 1. The van der Waals surface area contributed by atoms with Crippen molar-refractivity contribution in [2.24, 2.45) is 0 Å². The second kappa shape index (κ2) is 4.00. The van der Waals surface area contributed by atoms with Gasteiger partial charge in [-0.25, -0.2) is 9.97 Å². The third-order valence-corrected chi connectivity index (χ3v) is 3.85. The first-order chi connectivity index (χ1) is 5.97. The van der Waals surface area contributed by atoms with Crippen molar-refractivity contribution in [2.75, 3.05) is 12.0 Å². The highest BCUT2D eigenvalue weighted by atomic mass is 127. The highest BCUT2D eigenvalue weighted by molar-refractivity contribution is 14.1. The van der Waals surface area contributed by atoms with E-state index in [4.69, 9.17) is 5.73 Å². The van der Waals surface area contributed by atoms with Crippen LogP contribution >= 0.6 is 34.4 Å². The minimum absolute atomic E-state index is 0.0710. The van der Waals surface area contributed by atoms with Gasteiger partial charge < -0.3 is 5.73 Å². The van der Waals surface area contributed by atoms with Crippen molar-refractivity contribution in [1.82, 2.24) is 9.97 Å². The van der Waals surface area contributed by atoms with Gasteiger partial charge in [0.1, 0.15) is 11.6 Å². The molecule has 2 N–H and O–H groups in total. The highest BCUT2D eigenvalue weighted by Gasteiger charge is 2.22. The zero-order valence-electron chi connectivity index (χ0n) is 7.84. The fourth-order valence-electron chi connectivity index (χ4n) is 0.762. The Labute approximate surface area is 96.1 Å². The number of hydrogen-bond acceptors (Lipinski definition) is 4. The molecule has 0 spiro atoms. The van der Waals surface area contributed by atoms with Gasteiger partial charge in [-0.05, 0) is 42.7 Å². The first-order valence-electron chi connectivity index (χ1n) is 3.81. The summed E-state index contributed by atoms with van der Waals surface area (Å²) in [4.78, 5) is 8.52. The quantitative estimate of drug-likeness (QED) is 0.852. The summed E-state index contributed by atoms with van der Waals surface area (Å²) >= 11 is 3.84. The molecule has 0 unspecified atom stereocenters. The molecule has 3 nitrogen and oxygen atoms in total. The zero-order valence-corrected chi connectivity index (χ0v) is 10.8. The fraction of sp³-hybridized carbons (Fsp3) is 0.500. The van der Waals surface area contributed by atoms with Crippen molar-refractivity contribution in [3.63, 3.8) is 0 Å². The number of halogens is 1. The molecule has 0 amide bonds. The summed E-state index contributed by atoms with van der Waals surface area (Å²) in [5.74, 6) is 1.35. The van der Waals surface area contributed by atoms with E-state index in [2.05, 4.69) is 46.4 Å². The molecule has 1 heterocycles. The molecule has 5 heteroatoms. The maximum atomic E-state index is 5.70. The van der Waals surface area contributed by atoms with Gasteiger partial charge in [0.2, 0.25) is 0 Å². The topological polar surface area (TPSA) is 51.8 Å². The normalized spacial score (nSPS) is 11.7. The molecule has 1 rings (SSSR count). The van der Waals surface area contributed by atoms with Crippen LogP contribution in [0, 0.1) is 3.57 Å². The zero-order chi connectivity index (χ0) is 10.1. The van der Waals surface area contributed by atoms with Crippen LogP contribution in [0.15, 0.2) is 6.20 Å². The summed E-state index contributed by atoms with van der Waals surface area (Å²) in [6.07, 6.45) is 3.80. The van der Waals surface area contributed by atoms with Crippen LogP contribution in [-0.2, 0) is 4.75 Å². The minimum atomic E-state index is -0.0710. The number of thioether (sulfide) groups is 1. The number of aromatic nitrogens is 2. The van der Waals surface area contributed by atoms with Crippen molar-refractivity contribution >= 4 is 40.2 Å². The van der Waals surface area contributed by atoms with E-state index in [0.29, 0.717) is 5.82 Å². The number of nitrogens with two attached hydrogens (primary N) is 1. The Balaban J connectivity index is 3.10. The van der Waals surface area contributed by atoms with Crippen LogP contribution in [0.5, 0.6) is 0 Å². The lowest BCUT2D eigenvalue weighted by molar-refractivity contribution is 0.710. The van der Waals surface area contributed by atoms with Gasteiger partial charge in [0.25, 0.3) is 0 Å². The van der Waals surface area contributed by atoms with E-state index in [-0.39, 0.29) is 4.75 Å². The first-order valence-corrected chi connectivity index (χ1v) is 6.11. The summed E-state index contributed by atoms with van der Waals surface area (Å²) < 4.78 is 0.830. The summed E-state index contributed by atoms with van der Waals surface area (Å²) in [7, 11) is 0. The van der Waals surface area contributed by atoms with Gasteiger partial charge in [-0.2, -0.15) is 11.8 Å². The third kappa shape index (κ3) is 2.46. The predicted molar refractivity (Wildman–Crippen MR) is 65.7 cm³/mol. The Hall–Kier alpha value is -0.0400. The summed E-state index contributed by atoms with van der Waals surface area (Å²) in [5, 5.41) is 0. The Morgan fingerprint density at radius 1 is 1.54 bits per heavy atom. The van der Waals surface area contributed by atoms with Gasteiger partial charge in [-0.1, -0.05) is 0 Å². The van der Waals surface area contributed by atoms with E-state index in [1.165, 1.54) is 0 Å². The second-order valence-corrected chi connectivity index (χ2v) is 5.73. The molecule has 0 atom stereocenters. The molecular formula is C8H12IN3S. The largest absolute Gasteiger partial charge is 0.383 e. The Morgan fingerprint density at radius 3 is 2.62 bits per heavy atom. The molecule has 0 bridgehead atoms. The molecule has 0 radical (unpaired) electrons. The van der Waals surface area contributed by atoms with Gasteiger partial charge in [0, 0.05) is 6.20 Å². The summed E-state index contributed by atoms with van der Waals surface area (Å²) in [6, 6.07) is 0. The van der Waals surface area contributed by atoms with E-state index in [0.717, 1.165) is 9.39 Å². The predicted octanol–water partition coefficient (Wildman–Crippen LogP) is 2.26. The molecular weight excluding hydrogens is 297 g/mol. The molecule has 1 aromatic rings. The second-order valence-electron chi connectivity index (χ2n) is 3.14. The van der Waals surface area contributed by atoms with E-state index in [1.807, 2.05) is 6.26 Å². The standard InChI is InChI=1S/C8H12IN3S/c1-8(2,13-3)7-11-4-5(9)6(10)12-7/h4H,1-3H3,(H2,10,11,12). The number of nitrogens with zero attached hydrogens (tertiary/aromatic N) is 2. The van der Waals surface area contributed by atoms with E-state index >= 15 is 0 Å². The van der Waals surface area contributed by atoms with E-state index < -0.39 is 0 Å². The molecule has 0 fully saturated rings. The molecule has 0 saturated carbocycles. The first kappa shape index (κ1) is 11.0. The Bertz CT molecular complexity index is 314. The summed E-state index contributed by atoms with van der Waals surface area (Å²) in [5.41, 5.74) is 5.70. The van der Waals surface area contributed by atoms with Crippen LogP contribution in [0.3, 0.4) is 0 Å². The SMILES string of the molecule is CSC(C)(C)c1ncc(I)c(N)n1. The van der Waals surface area contributed by atoms with Crippen LogP contribution in [-0.4, -0.2) is 16.2 Å². The molecule has 0 saturated heterocycles. The highest BCUT2D eigenvalue weighted by Crippen LogP contribution is 2.31. The lowest BCUT2D eigenvalue weighted by Crippen LogP contribution is -2.17. The van der Waals surface area contributed by atoms with Gasteiger partial charge >= 0.3 is 0 Å². The van der Waals surface area contributed by atoms with Crippen molar-refractivity contribution in [3.05, 3.63) is 15.6 Å². The van der Waals surface area contributed by atoms with Crippen LogP contribution < -0.4 is 5.73 Å². The lowest BCUT2D eigenvalue weighted by atomic mass is 10.2. The van der Waals surface area contributed by atoms with Crippen LogP contribution in [0.2, 0.25) is 0 Å². The molecule has 1 aromatic heterocycles. The smallest absolute Gasteiger partial charge is 0.146 e. The van der Waals surface area contributed by atoms with Crippen LogP contribution in [0.25, 0.3) is 0 Å². The number of rotatable bonds is 2. The van der Waals surface area contributed by atoms with Gasteiger partial charge in [-0.15, -0.1) is 0 Å². The number of nitrogen functional groups attached to an aromatic ring is 1. The van der Waals surface area contributed by atoms with E-state index in [1.54, 1.807) is 18.0 Å². The van der Waals surface area contributed by atoms with Crippen molar-refractivity contribution in [2.45, 2.75) is 18.6 Å². The van der Waals surface area contributed by atoms with Gasteiger partial charge in [-0.3, -0.25) is 0 Å². The van der Waals surface area contributed by atoms with Crippen LogP contribution in [0.1, 0.15) is 19.7 Å². The Kier molecular flexibility index (Phi) is 3.39. The van der Waals surface area contributed by atoms with Gasteiger partial charge in [0.05, 0.1) is 8.32 Å². The molecule has 0 aliphatic rings. The number of hydrogen-bond donors (Lipinski definition) is 1. The third-order valence-electron chi connectivity index (χ3n) is 1.82. The molecule has 0 aromatic carbocycles. The van der Waals surface area contributed by atoms with Crippen molar-refractivity contribution in [1.29, 1.82) is 0 Å². The van der Waals surface area contributed by atoms with Crippen molar-refractivity contribution in [3.8, 4) is 0 Å². The average molecular weight is 309 g/mol. The molecule has 13 heavy (non-hydrogen) atoms. The van der Waals surface area contributed by atoms with E-state index in [9.17, 15) is 0 Å².